The highest BCUT2D eigenvalue weighted by molar-refractivity contribution is 5.74. The lowest BCUT2D eigenvalue weighted by Crippen LogP contribution is -2.24. The molecule has 1 atom stereocenters. The van der Waals surface area contributed by atoms with Gasteiger partial charge in [-0.2, -0.15) is 0 Å². The van der Waals surface area contributed by atoms with Crippen molar-refractivity contribution in [3.05, 3.63) is 53.9 Å². The number of benzene rings is 2. The molecule has 2 aromatic carbocycles. The van der Waals surface area contributed by atoms with Gasteiger partial charge in [-0.25, -0.2) is 4.98 Å². The first-order valence-corrected chi connectivity index (χ1v) is 9.45. The molecule has 134 valence electrons. The lowest BCUT2D eigenvalue weighted by molar-refractivity contribution is 0.234. The smallest absolute Gasteiger partial charge is 0.165 e. The minimum absolute atomic E-state index is 0.324. The molecular weight excluding hydrogens is 326 g/mol. The van der Waals surface area contributed by atoms with E-state index in [4.69, 9.17) is 14.5 Å². The Bertz CT molecular complexity index is 888. The highest BCUT2D eigenvalue weighted by Gasteiger charge is 2.29. The summed E-state index contributed by atoms with van der Waals surface area (Å²) in [6, 6.07) is 14.8. The molecule has 0 aliphatic carbocycles. The molecule has 1 N–H and O–H groups in total. The van der Waals surface area contributed by atoms with E-state index in [0.717, 1.165) is 67.5 Å². The van der Waals surface area contributed by atoms with Crippen molar-refractivity contribution in [2.75, 3.05) is 19.8 Å². The first kappa shape index (κ1) is 15.7. The van der Waals surface area contributed by atoms with Crippen LogP contribution in [0.25, 0.3) is 11.0 Å². The molecule has 1 aromatic heterocycles. The molecule has 0 spiro atoms. The van der Waals surface area contributed by atoms with Crippen molar-refractivity contribution in [2.45, 2.75) is 31.8 Å². The number of H-pyrrole nitrogens is 1. The van der Waals surface area contributed by atoms with Crippen LogP contribution in [-0.2, 0) is 6.54 Å². The van der Waals surface area contributed by atoms with Crippen LogP contribution in [-0.4, -0.2) is 34.6 Å². The zero-order chi connectivity index (χ0) is 17.3. The van der Waals surface area contributed by atoms with Gasteiger partial charge in [0.05, 0.1) is 30.3 Å². The van der Waals surface area contributed by atoms with Crippen LogP contribution < -0.4 is 9.47 Å². The molecule has 2 aliphatic heterocycles. The molecule has 2 aliphatic rings. The van der Waals surface area contributed by atoms with Gasteiger partial charge >= 0.3 is 0 Å². The molecule has 1 saturated heterocycles. The van der Waals surface area contributed by atoms with E-state index in [1.54, 1.807) is 0 Å². The van der Waals surface area contributed by atoms with Gasteiger partial charge in [0.1, 0.15) is 5.82 Å². The van der Waals surface area contributed by atoms with E-state index in [9.17, 15) is 0 Å². The number of fused-ring (bicyclic) bond motifs is 2. The van der Waals surface area contributed by atoms with Crippen molar-refractivity contribution >= 4 is 11.0 Å². The second-order valence-electron chi connectivity index (χ2n) is 7.06. The van der Waals surface area contributed by atoms with Gasteiger partial charge < -0.3 is 14.5 Å². The Morgan fingerprint density at radius 1 is 1.04 bits per heavy atom. The molecule has 0 amide bonds. The number of imidazole rings is 1. The second kappa shape index (κ2) is 6.65. The number of nitrogens with one attached hydrogen (secondary N) is 1. The van der Waals surface area contributed by atoms with Crippen molar-refractivity contribution in [1.82, 2.24) is 14.9 Å². The quantitative estimate of drug-likeness (QED) is 0.775. The molecule has 0 saturated carbocycles. The topological polar surface area (TPSA) is 50.4 Å². The summed E-state index contributed by atoms with van der Waals surface area (Å²) < 4.78 is 11.8. The maximum absolute atomic E-state index is 6.00. The summed E-state index contributed by atoms with van der Waals surface area (Å²) in [5.41, 5.74) is 3.35. The zero-order valence-electron chi connectivity index (χ0n) is 14.8. The average Bonchev–Trinajstić information content (AvgIpc) is 3.22. The first-order valence-electron chi connectivity index (χ1n) is 9.45. The Balaban J connectivity index is 1.43. The summed E-state index contributed by atoms with van der Waals surface area (Å²) in [7, 11) is 0. The van der Waals surface area contributed by atoms with E-state index in [-0.39, 0.29) is 0 Å². The minimum atomic E-state index is 0.324. The van der Waals surface area contributed by atoms with Gasteiger partial charge in [-0.15, -0.1) is 0 Å². The Kier molecular flexibility index (Phi) is 4.02. The van der Waals surface area contributed by atoms with Crippen LogP contribution in [0.5, 0.6) is 11.5 Å². The predicted molar refractivity (Wildman–Crippen MR) is 101 cm³/mol. The maximum Gasteiger partial charge on any atom is 0.165 e. The Hall–Kier alpha value is -2.53. The second-order valence-corrected chi connectivity index (χ2v) is 7.06. The number of hydrogen-bond donors (Lipinski definition) is 1. The SMILES string of the molecule is c1cc(CN2CCCC2c2nc3ccccc3[nH]2)c2c(c1)OCCCO2. The number of ether oxygens (including phenoxy) is 2. The van der Waals surface area contributed by atoms with Gasteiger partial charge in [0, 0.05) is 18.5 Å². The molecule has 5 heteroatoms. The van der Waals surface area contributed by atoms with Crippen molar-refractivity contribution in [1.29, 1.82) is 0 Å². The van der Waals surface area contributed by atoms with E-state index < -0.39 is 0 Å². The number of rotatable bonds is 3. The number of para-hydroxylation sites is 3. The highest BCUT2D eigenvalue weighted by atomic mass is 16.5. The summed E-state index contributed by atoms with van der Waals surface area (Å²) in [5, 5.41) is 0. The Morgan fingerprint density at radius 3 is 2.92 bits per heavy atom. The number of aromatic amines is 1. The van der Waals surface area contributed by atoms with Crippen molar-refractivity contribution < 1.29 is 9.47 Å². The van der Waals surface area contributed by atoms with Crippen LogP contribution in [0.3, 0.4) is 0 Å². The molecule has 1 unspecified atom stereocenters. The number of likely N-dealkylation sites (tertiary alicyclic amines) is 1. The fourth-order valence-electron chi connectivity index (χ4n) is 4.05. The standard InChI is InChI=1S/C21H23N3O2/c1-2-8-17-16(7-1)22-21(23-17)18-9-4-11-24(18)14-15-6-3-10-19-20(15)26-13-5-12-25-19/h1-3,6-8,10,18H,4-5,9,11-14H2,(H,22,23). The highest BCUT2D eigenvalue weighted by Crippen LogP contribution is 2.38. The molecular formula is C21H23N3O2. The van der Waals surface area contributed by atoms with E-state index in [1.807, 2.05) is 18.2 Å². The summed E-state index contributed by atoms with van der Waals surface area (Å²) >= 11 is 0. The molecule has 5 nitrogen and oxygen atoms in total. The molecule has 26 heavy (non-hydrogen) atoms. The molecule has 3 heterocycles. The summed E-state index contributed by atoms with van der Waals surface area (Å²) in [4.78, 5) is 10.9. The van der Waals surface area contributed by atoms with E-state index in [2.05, 4.69) is 34.1 Å². The van der Waals surface area contributed by atoms with E-state index in [0.29, 0.717) is 6.04 Å². The third-order valence-corrected chi connectivity index (χ3v) is 5.31. The number of aromatic nitrogens is 2. The van der Waals surface area contributed by atoms with Crippen LogP contribution in [0.4, 0.5) is 0 Å². The van der Waals surface area contributed by atoms with Crippen LogP contribution in [0.15, 0.2) is 42.5 Å². The lowest BCUT2D eigenvalue weighted by Gasteiger charge is -2.24. The molecule has 0 bridgehead atoms. The predicted octanol–water partition coefficient (Wildman–Crippen LogP) is 4.06. The number of nitrogens with zero attached hydrogens (tertiary/aromatic N) is 2. The van der Waals surface area contributed by atoms with Gasteiger partial charge in [-0.3, -0.25) is 4.90 Å². The Morgan fingerprint density at radius 2 is 1.96 bits per heavy atom. The third-order valence-electron chi connectivity index (χ3n) is 5.31. The molecule has 0 radical (unpaired) electrons. The van der Waals surface area contributed by atoms with E-state index >= 15 is 0 Å². The molecule has 1 fully saturated rings. The van der Waals surface area contributed by atoms with Crippen molar-refractivity contribution in [3.63, 3.8) is 0 Å². The lowest BCUT2D eigenvalue weighted by atomic mass is 10.1. The van der Waals surface area contributed by atoms with Crippen molar-refractivity contribution in [2.24, 2.45) is 0 Å². The van der Waals surface area contributed by atoms with Crippen LogP contribution in [0.1, 0.15) is 36.7 Å². The largest absolute Gasteiger partial charge is 0.490 e. The maximum atomic E-state index is 6.00. The van der Waals surface area contributed by atoms with Crippen LogP contribution in [0.2, 0.25) is 0 Å². The third kappa shape index (κ3) is 2.82. The fraction of sp³-hybridized carbons (Fsp3) is 0.381. The normalized spacial score (nSPS) is 20.4. The average molecular weight is 349 g/mol. The van der Waals surface area contributed by atoms with Gasteiger partial charge in [0.2, 0.25) is 0 Å². The zero-order valence-corrected chi connectivity index (χ0v) is 14.8. The van der Waals surface area contributed by atoms with Gasteiger partial charge in [-0.1, -0.05) is 24.3 Å². The van der Waals surface area contributed by atoms with Gasteiger partial charge in [0.15, 0.2) is 11.5 Å². The van der Waals surface area contributed by atoms with E-state index in [1.165, 1.54) is 12.0 Å². The summed E-state index contributed by atoms with van der Waals surface area (Å²) in [5.74, 6) is 2.86. The fourth-order valence-corrected chi connectivity index (χ4v) is 4.05. The summed E-state index contributed by atoms with van der Waals surface area (Å²) in [6.45, 7) is 3.37. The van der Waals surface area contributed by atoms with Crippen LogP contribution >= 0.6 is 0 Å². The molecule has 3 aromatic rings. The van der Waals surface area contributed by atoms with Crippen molar-refractivity contribution in [3.8, 4) is 11.5 Å². The molecule has 5 rings (SSSR count). The Labute approximate surface area is 152 Å². The van der Waals surface area contributed by atoms with Crippen LogP contribution in [0, 0.1) is 0 Å². The van der Waals surface area contributed by atoms with Gasteiger partial charge in [0.25, 0.3) is 0 Å². The monoisotopic (exact) mass is 349 g/mol. The number of hydrogen-bond acceptors (Lipinski definition) is 4. The summed E-state index contributed by atoms with van der Waals surface area (Å²) in [6.07, 6.45) is 3.25. The first-order chi connectivity index (χ1) is 12.9. The van der Waals surface area contributed by atoms with Gasteiger partial charge in [-0.05, 0) is 37.6 Å². The minimum Gasteiger partial charge on any atom is -0.490 e.